The highest BCUT2D eigenvalue weighted by molar-refractivity contribution is 5.16. The number of ether oxygens (including phenoxy) is 2. The van der Waals surface area contributed by atoms with E-state index in [1.165, 1.54) is 0 Å². The smallest absolute Gasteiger partial charge is 0.187 e. The molecule has 1 fully saturated rings. The van der Waals surface area contributed by atoms with Crippen LogP contribution in [-0.4, -0.2) is 12.5 Å². The Bertz CT molecular complexity index is 281. The molecular weight excluding hydrogens is 180 g/mol. The fourth-order valence-corrected chi connectivity index (χ4v) is 1.46. The minimum Gasteiger partial charge on any atom is -0.330 e. The first-order chi connectivity index (χ1) is 6.75. The fourth-order valence-electron chi connectivity index (χ4n) is 1.46. The van der Waals surface area contributed by atoms with Crippen LogP contribution in [0.25, 0.3) is 0 Å². The normalized spacial score (nSPS) is 32.9. The number of nitrogens with two attached hydrogens (primary N) is 2. The second-order valence-electron chi connectivity index (χ2n) is 3.33. The van der Waals surface area contributed by atoms with Crippen molar-refractivity contribution in [1.82, 2.24) is 0 Å². The minimum absolute atomic E-state index is 0.344. The molecule has 14 heavy (non-hydrogen) atoms. The molecule has 0 radical (unpaired) electrons. The molecule has 0 saturated carbocycles. The van der Waals surface area contributed by atoms with Gasteiger partial charge >= 0.3 is 0 Å². The van der Waals surface area contributed by atoms with E-state index in [1.807, 2.05) is 30.3 Å². The van der Waals surface area contributed by atoms with Gasteiger partial charge in [0.1, 0.15) is 12.5 Å². The van der Waals surface area contributed by atoms with Gasteiger partial charge in [0.2, 0.25) is 0 Å². The Morgan fingerprint density at radius 3 is 2.14 bits per heavy atom. The van der Waals surface area contributed by atoms with E-state index in [1.54, 1.807) is 0 Å². The van der Waals surface area contributed by atoms with Crippen LogP contribution in [0.2, 0.25) is 0 Å². The lowest BCUT2D eigenvalue weighted by atomic mass is 10.2. The molecule has 1 aliphatic rings. The lowest BCUT2D eigenvalue weighted by molar-refractivity contribution is -0.244. The predicted molar refractivity (Wildman–Crippen MR) is 51.9 cm³/mol. The van der Waals surface area contributed by atoms with Gasteiger partial charge in [-0.25, -0.2) is 0 Å². The average molecular weight is 194 g/mol. The zero-order valence-electron chi connectivity index (χ0n) is 7.80. The van der Waals surface area contributed by atoms with Crippen LogP contribution in [0.5, 0.6) is 0 Å². The fraction of sp³-hybridized carbons (Fsp3) is 0.400. The standard InChI is InChI=1S/C10H14N2O2/c11-8-6-9(12)14-10(13-8)7-4-2-1-3-5-7/h1-5,8-10H,6,11-12H2. The first-order valence-corrected chi connectivity index (χ1v) is 4.63. The summed E-state index contributed by atoms with van der Waals surface area (Å²) in [6.07, 6.45) is -0.591. The summed E-state index contributed by atoms with van der Waals surface area (Å²) in [5, 5.41) is 0. The minimum atomic E-state index is -0.435. The van der Waals surface area contributed by atoms with Crippen LogP contribution < -0.4 is 11.5 Å². The Morgan fingerprint density at radius 1 is 1.00 bits per heavy atom. The van der Waals surface area contributed by atoms with Crippen molar-refractivity contribution >= 4 is 0 Å². The average Bonchev–Trinajstić information content (AvgIpc) is 2.18. The highest BCUT2D eigenvalue weighted by Gasteiger charge is 2.26. The Balaban J connectivity index is 2.11. The second kappa shape index (κ2) is 4.06. The van der Waals surface area contributed by atoms with Crippen LogP contribution in [-0.2, 0) is 9.47 Å². The van der Waals surface area contributed by atoms with Gasteiger partial charge in [0.25, 0.3) is 0 Å². The summed E-state index contributed by atoms with van der Waals surface area (Å²) in [7, 11) is 0. The van der Waals surface area contributed by atoms with E-state index in [0.717, 1.165) is 5.56 Å². The molecule has 76 valence electrons. The van der Waals surface area contributed by atoms with Crippen molar-refractivity contribution in [2.24, 2.45) is 11.5 Å². The third-order valence-corrected chi connectivity index (χ3v) is 2.13. The van der Waals surface area contributed by atoms with Gasteiger partial charge in [-0.05, 0) is 0 Å². The quantitative estimate of drug-likeness (QED) is 0.690. The Kier molecular flexibility index (Phi) is 2.79. The van der Waals surface area contributed by atoms with Gasteiger partial charge in [-0.2, -0.15) is 0 Å². The maximum atomic E-state index is 5.67. The van der Waals surface area contributed by atoms with E-state index in [4.69, 9.17) is 20.9 Å². The number of hydrogen-bond acceptors (Lipinski definition) is 4. The Morgan fingerprint density at radius 2 is 1.57 bits per heavy atom. The lowest BCUT2D eigenvalue weighted by Gasteiger charge is -2.32. The Hall–Kier alpha value is -0.940. The molecule has 0 aliphatic carbocycles. The molecule has 1 saturated heterocycles. The summed E-state index contributed by atoms with van der Waals surface area (Å²) in [5.41, 5.74) is 12.3. The molecular formula is C10H14N2O2. The van der Waals surface area contributed by atoms with Gasteiger partial charge in [0, 0.05) is 12.0 Å². The number of rotatable bonds is 1. The van der Waals surface area contributed by atoms with E-state index < -0.39 is 6.29 Å². The van der Waals surface area contributed by atoms with Crippen LogP contribution in [0.4, 0.5) is 0 Å². The molecule has 1 aromatic carbocycles. The molecule has 2 atom stereocenters. The monoisotopic (exact) mass is 194 g/mol. The highest BCUT2D eigenvalue weighted by Crippen LogP contribution is 2.25. The third kappa shape index (κ3) is 2.10. The molecule has 1 heterocycles. The van der Waals surface area contributed by atoms with E-state index in [-0.39, 0.29) is 12.5 Å². The summed E-state index contributed by atoms with van der Waals surface area (Å²) in [6.45, 7) is 0. The van der Waals surface area contributed by atoms with Crippen molar-refractivity contribution in [1.29, 1.82) is 0 Å². The van der Waals surface area contributed by atoms with Gasteiger partial charge < -0.3 is 20.9 Å². The highest BCUT2D eigenvalue weighted by atomic mass is 16.7. The number of hydrogen-bond donors (Lipinski definition) is 2. The van der Waals surface area contributed by atoms with Crippen LogP contribution in [0.15, 0.2) is 30.3 Å². The van der Waals surface area contributed by atoms with Crippen molar-refractivity contribution in [3.05, 3.63) is 35.9 Å². The zero-order chi connectivity index (χ0) is 9.97. The van der Waals surface area contributed by atoms with Crippen molar-refractivity contribution in [2.45, 2.75) is 25.2 Å². The molecule has 0 amide bonds. The van der Waals surface area contributed by atoms with Crippen LogP contribution >= 0.6 is 0 Å². The topological polar surface area (TPSA) is 70.5 Å². The van der Waals surface area contributed by atoms with Gasteiger partial charge in [-0.1, -0.05) is 30.3 Å². The van der Waals surface area contributed by atoms with E-state index in [0.29, 0.717) is 6.42 Å². The largest absolute Gasteiger partial charge is 0.330 e. The first-order valence-electron chi connectivity index (χ1n) is 4.63. The van der Waals surface area contributed by atoms with E-state index in [2.05, 4.69) is 0 Å². The van der Waals surface area contributed by atoms with E-state index >= 15 is 0 Å². The molecule has 2 unspecified atom stereocenters. The van der Waals surface area contributed by atoms with Crippen LogP contribution in [0.1, 0.15) is 18.3 Å². The van der Waals surface area contributed by atoms with Gasteiger partial charge in [-0.15, -0.1) is 0 Å². The molecule has 0 spiro atoms. The zero-order valence-corrected chi connectivity index (χ0v) is 7.80. The van der Waals surface area contributed by atoms with Crippen molar-refractivity contribution in [3.8, 4) is 0 Å². The first kappa shape index (κ1) is 9.61. The summed E-state index contributed by atoms with van der Waals surface area (Å²) in [5.74, 6) is 0. The molecule has 4 N–H and O–H groups in total. The predicted octanol–water partition coefficient (Wildman–Crippen LogP) is 0.692. The van der Waals surface area contributed by atoms with Crippen molar-refractivity contribution in [3.63, 3.8) is 0 Å². The molecule has 4 nitrogen and oxygen atoms in total. The van der Waals surface area contributed by atoms with Crippen LogP contribution in [0, 0.1) is 0 Å². The van der Waals surface area contributed by atoms with Crippen LogP contribution in [0.3, 0.4) is 0 Å². The maximum absolute atomic E-state index is 5.67. The molecule has 1 aliphatic heterocycles. The van der Waals surface area contributed by atoms with E-state index in [9.17, 15) is 0 Å². The third-order valence-electron chi connectivity index (χ3n) is 2.13. The summed E-state index contributed by atoms with van der Waals surface area (Å²) in [6, 6.07) is 9.64. The maximum Gasteiger partial charge on any atom is 0.187 e. The number of benzene rings is 1. The van der Waals surface area contributed by atoms with Gasteiger partial charge in [0.15, 0.2) is 6.29 Å². The Labute approximate surface area is 82.8 Å². The van der Waals surface area contributed by atoms with Gasteiger partial charge in [0.05, 0.1) is 0 Å². The SMILES string of the molecule is NC1CC(N)OC(c2ccccc2)O1. The summed E-state index contributed by atoms with van der Waals surface area (Å²) in [4.78, 5) is 0. The summed E-state index contributed by atoms with van der Waals surface area (Å²) < 4.78 is 10.8. The molecule has 1 aromatic rings. The van der Waals surface area contributed by atoms with Crippen molar-refractivity contribution in [2.75, 3.05) is 0 Å². The lowest BCUT2D eigenvalue weighted by Crippen LogP contribution is -2.42. The summed E-state index contributed by atoms with van der Waals surface area (Å²) >= 11 is 0. The second-order valence-corrected chi connectivity index (χ2v) is 3.33. The molecule has 0 bridgehead atoms. The molecule has 4 heteroatoms. The van der Waals surface area contributed by atoms with Gasteiger partial charge in [-0.3, -0.25) is 0 Å². The molecule has 2 rings (SSSR count). The molecule has 0 aromatic heterocycles. The van der Waals surface area contributed by atoms with Crippen molar-refractivity contribution < 1.29 is 9.47 Å².